The lowest BCUT2D eigenvalue weighted by atomic mass is 9.76. The zero-order valence-corrected chi connectivity index (χ0v) is 20.8. The van der Waals surface area contributed by atoms with Crippen LogP contribution in [-0.4, -0.2) is 36.1 Å². The van der Waals surface area contributed by atoms with Gasteiger partial charge in [0.15, 0.2) is 0 Å². The number of nitrogens with one attached hydrogen (secondary N) is 2. The van der Waals surface area contributed by atoms with E-state index in [1.54, 1.807) is 0 Å². The first-order chi connectivity index (χ1) is 17.6. The Labute approximate surface area is 213 Å². The van der Waals surface area contributed by atoms with Gasteiger partial charge >= 0.3 is 6.18 Å². The third-order valence-corrected chi connectivity index (χ3v) is 8.63. The summed E-state index contributed by atoms with van der Waals surface area (Å²) >= 11 is 0. The van der Waals surface area contributed by atoms with E-state index in [0.717, 1.165) is 61.3 Å². The second-order valence-corrected chi connectivity index (χ2v) is 11.2. The van der Waals surface area contributed by atoms with E-state index in [-0.39, 0.29) is 23.4 Å². The van der Waals surface area contributed by atoms with Crippen LogP contribution in [0.15, 0.2) is 30.3 Å². The Morgan fingerprint density at radius 3 is 2.43 bits per heavy atom. The van der Waals surface area contributed by atoms with Gasteiger partial charge in [-0.15, -0.1) is 0 Å². The maximum absolute atomic E-state index is 13.7. The molecule has 2 spiro atoms. The topological polar surface area (TPSA) is 53.1 Å². The van der Waals surface area contributed by atoms with Crippen molar-refractivity contribution in [3.8, 4) is 0 Å². The van der Waals surface area contributed by atoms with E-state index in [9.17, 15) is 17.6 Å². The predicted octanol–water partition coefficient (Wildman–Crippen LogP) is 5.75. The fourth-order valence-electron chi connectivity index (χ4n) is 6.20. The van der Waals surface area contributed by atoms with Gasteiger partial charge in [-0.1, -0.05) is 6.07 Å². The zero-order chi connectivity index (χ0) is 26.0. The van der Waals surface area contributed by atoms with Crippen molar-refractivity contribution in [3.63, 3.8) is 0 Å². The van der Waals surface area contributed by atoms with E-state index < -0.39 is 17.6 Å². The lowest BCUT2D eigenvalue weighted by Gasteiger charge is -2.30. The Bertz CT molecular complexity index is 1330. The molecule has 5 nitrogen and oxygen atoms in total. The summed E-state index contributed by atoms with van der Waals surface area (Å²) in [6.45, 7) is 0.241. The molecule has 1 unspecified atom stereocenters. The SMILES string of the molecule is CN(C)c1nc(NC2CC23CCC2(CC3)C[C@H]2NCc2cc(F)cc(C(F)(F)F)c2)nc2c#cccc12. The van der Waals surface area contributed by atoms with Gasteiger partial charge < -0.3 is 15.5 Å². The maximum atomic E-state index is 13.7. The molecule has 194 valence electrons. The van der Waals surface area contributed by atoms with Gasteiger partial charge in [0.25, 0.3) is 0 Å². The van der Waals surface area contributed by atoms with Crippen LogP contribution in [-0.2, 0) is 12.7 Å². The first kappa shape index (κ1) is 24.2. The van der Waals surface area contributed by atoms with Gasteiger partial charge in [0.2, 0.25) is 5.95 Å². The summed E-state index contributed by atoms with van der Waals surface area (Å²) in [6.07, 6.45) is 1.95. The standard InChI is InChI=1S/C28H29F4N5/c1-37(2)24-20-5-3-4-6-21(20)34-25(36-24)35-23-15-27(23)9-7-26(8-10-27)14-22(26)33-16-17-11-18(28(30,31)32)13-19(29)12-17/h3,5,11-13,22-23,33H,7-10,14-16H2,1-2H3,(H,34,35,36)/t22-,23?,26?,27?/m1/s1. The number of halogens is 4. The summed E-state index contributed by atoms with van der Waals surface area (Å²) in [5.74, 6) is 0.615. The fraction of sp³-hybridized carbons (Fsp3) is 0.500. The summed E-state index contributed by atoms with van der Waals surface area (Å²) in [6, 6.07) is 13.2. The quantitative estimate of drug-likeness (QED) is 0.413. The van der Waals surface area contributed by atoms with E-state index in [4.69, 9.17) is 4.98 Å². The van der Waals surface area contributed by atoms with Crippen LogP contribution in [0.4, 0.5) is 29.3 Å². The van der Waals surface area contributed by atoms with Crippen molar-refractivity contribution in [2.75, 3.05) is 24.3 Å². The fourth-order valence-corrected chi connectivity index (χ4v) is 6.20. The highest BCUT2D eigenvalue weighted by molar-refractivity contribution is 5.89. The number of benzene rings is 1. The molecule has 0 amide bonds. The Kier molecular flexibility index (Phi) is 5.53. The highest BCUT2D eigenvalue weighted by Crippen LogP contribution is 2.66. The summed E-state index contributed by atoms with van der Waals surface area (Å²) in [5.41, 5.74) is 0.599. The summed E-state index contributed by atoms with van der Waals surface area (Å²) < 4.78 is 52.8. The molecule has 37 heavy (non-hydrogen) atoms. The summed E-state index contributed by atoms with van der Waals surface area (Å²) in [4.78, 5) is 11.4. The molecule has 1 heterocycles. The lowest BCUT2D eigenvalue weighted by molar-refractivity contribution is -0.137. The van der Waals surface area contributed by atoms with Crippen LogP contribution in [0.3, 0.4) is 0 Å². The van der Waals surface area contributed by atoms with Gasteiger partial charge in [0.1, 0.15) is 17.2 Å². The van der Waals surface area contributed by atoms with Crippen molar-refractivity contribution in [2.24, 2.45) is 10.8 Å². The van der Waals surface area contributed by atoms with E-state index in [0.29, 0.717) is 23.6 Å². The molecular weight excluding hydrogens is 482 g/mol. The predicted molar refractivity (Wildman–Crippen MR) is 134 cm³/mol. The van der Waals surface area contributed by atoms with Crippen LogP contribution >= 0.6 is 0 Å². The average molecular weight is 512 g/mol. The monoisotopic (exact) mass is 511 g/mol. The highest BCUT2D eigenvalue weighted by Gasteiger charge is 2.63. The first-order valence-electron chi connectivity index (χ1n) is 12.7. The third kappa shape index (κ3) is 4.56. The minimum atomic E-state index is -4.55. The average Bonchev–Trinajstić information content (AvgIpc) is 3.73. The van der Waals surface area contributed by atoms with E-state index >= 15 is 0 Å². The first-order valence-corrected chi connectivity index (χ1v) is 12.7. The van der Waals surface area contributed by atoms with Crippen molar-refractivity contribution in [2.45, 2.75) is 63.3 Å². The molecule has 9 heteroatoms. The molecule has 2 atom stereocenters. The Morgan fingerprint density at radius 1 is 1.03 bits per heavy atom. The molecule has 3 aliphatic rings. The number of nitrogens with zero attached hydrogens (tertiary/aromatic N) is 3. The molecule has 0 bridgehead atoms. The van der Waals surface area contributed by atoms with Gasteiger partial charge in [-0.3, -0.25) is 0 Å². The molecule has 1 aromatic heterocycles. The van der Waals surface area contributed by atoms with Crippen molar-refractivity contribution in [1.29, 1.82) is 0 Å². The van der Waals surface area contributed by atoms with Crippen molar-refractivity contribution < 1.29 is 17.6 Å². The van der Waals surface area contributed by atoms with Crippen LogP contribution < -0.4 is 15.5 Å². The normalized spacial score (nSPS) is 28.4. The second-order valence-electron chi connectivity index (χ2n) is 11.2. The van der Waals surface area contributed by atoms with Crippen LogP contribution in [0, 0.1) is 28.8 Å². The van der Waals surface area contributed by atoms with Gasteiger partial charge in [-0.2, -0.15) is 18.2 Å². The van der Waals surface area contributed by atoms with Crippen molar-refractivity contribution >= 4 is 22.7 Å². The van der Waals surface area contributed by atoms with Gasteiger partial charge in [0, 0.05) is 32.7 Å². The van der Waals surface area contributed by atoms with E-state index in [1.165, 1.54) is 6.07 Å². The molecule has 3 aliphatic carbocycles. The number of rotatable bonds is 6. The third-order valence-electron chi connectivity index (χ3n) is 8.63. The van der Waals surface area contributed by atoms with Crippen molar-refractivity contribution in [3.05, 3.63) is 59.4 Å². The largest absolute Gasteiger partial charge is 0.416 e. The van der Waals surface area contributed by atoms with Crippen molar-refractivity contribution in [1.82, 2.24) is 15.3 Å². The summed E-state index contributed by atoms with van der Waals surface area (Å²) in [7, 11) is 3.93. The number of hydrogen-bond donors (Lipinski definition) is 2. The molecule has 2 aromatic carbocycles. The number of hydrogen-bond acceptors (Lipinski definition) is 5. The molecular formula is C28H29F4N5. The number of alkyl halides is 3. The van der Waals surface area contributed by atoms with E-state index in [1.807, 2.05) is 31.1 Å². The van der Waals surface area contributed by atoms with E-state index in [2.05, 4.69) is 27.8 Å². The Balaban J connectivity index is 1.05. The maximum Gasteiger partial charge on any atom is 0.416 e. The zero-order valence-electron chi connectivity index (χ0n) is 20.8. The Hall–Kier alpha value is -3.12. The van der Waals surface area contributed by atoms with Gasteiger partial charge in [-0.05, 0) is 91.3 Å². The Morgan fingerprint density at radius 2 is 1.73 bits per heavy atom. The van der Waals surface area contributed by atoms with Crippen LogP contribution in [0.25, 0.3) is 10.9 Å². The number of fused-ring (bicyclic) bond motifs is 1. The minimum Gasteiger partial charge on any atom is -0.362 e. The molecule has 3 aromatic rings. The van der Waals surface area contributed by atoms with Gasteiger partial charge in [-0.25, -0.2) is 9.37 Å². The molecule has 0 aliphatic heterocycles. The molecule has 3 saturated carbocycles. The number of anilines is 2. The molecule has 0 saturated heterocycles. The van der Waals surface area contributed by atoms with Crippen LogP contribution in [0.2, 0.25) is 0 Å². The van der Waals surface area contributed by atoms with Crippen LogP contribution in [0.1, 0.15) is 49.7 Å². The smallest absolute Gasteiger partial charge is 0.362 e. The number of aromatic nitrogens is 2. The van der Waals surface area contributed by atoms with Crippen LogP contribution in [0.5, 0.6) is 0 Å². The molecule has 6 rings (SSSR count). The highest BCUT2D eigenvalue weighted by atomic mass is 19.4. The second kappa shape index (κ2) is 8.45. The molecule has 0 radical (unpaired) electrons. The molecule has 3 fully saturated rings. The van der Waals surface area contributed by atoms with Gasteiger partial charge in [0.05, 0.1) is 10.9 Å². The lowest BCUT2D eigenvalue weighted by Crippen LogP contribution is -2.29. The summed E-state index contributed by atoms with van der Waals surface area (Å²) in [5, 5.41) is 7.90. The minimum absolute atomic E-state index is 0.209. The molecule has 2 N–H and O–H groups in total.